The van der Waals surface area contributed by atoms with Crippen molar-refractivity contribution < 1.29 is 0 Å². The first-order valence-corrected chi connectivity index (χ1v) is 7.77. The molecule has 3 rings (SSSR count). The number of hydrogen-bond donors (Lipinski definition) is 0. The van der Waals surface area contributed by atoms with Crippen LogP contribution >= 0.6 is 23.2 Å². The van der Waals surface area contributed by atoms with Gasteiger partial charge in [-0.05, 0) is 55.2 Å². The van der Waals surface area contributed by atoms with E-state index in [0.717, 1.165) is 22.4 Å². The summed E-state index contributed by atoms with van der Waals surface area (Å²) in [5.41, 5.74) is 2.30. The Kier molecular flexibility index (Phi) is 3.72. The standard InChI is InChI=1S/C15H19Cl2N/c16-8-13-5-6-14(7-15(13)17)18(9-11-1-2-11)10-12-3-4-12/h5-7,11-12H,1-4,8-10H2. The molecule has 0 radical (unpaired) electrons. The van der Waals surface area contributed by atoms with E-state index in [-0.39, 0.29) is 0 Å². The maximum Gasteiger partial charge on any atom is 0.0488 e. The molecule has 3 heteroatoms. The second-order valence-corrected chi connectivity index (χ2v) is 6.38. The zero-order valence-corrected chi connectivity index (χ0v) is 12.1. The highest BCUT2D eigenvalue weighted by molar-refractivity contribution is 6.32. The van der Waals surface area contributed by atoms with Crippen LogP contribution in [0, 0.1) is 11.8 Å². The summed E-state index contributed by atoms with van der Waals surface area (Å²) < 4.78 is 0. The first-order valence-electron chi connectivity index (χ1n) is 6.85. The summed E-state index contributed by atoms with van der Waals surface area (Å²) in [4.78, 5) is 2.53. The topological polar surface area (TPSA) is 3.24 Å². The molecule has 98 valence electrons. The Morgan fingerprint density at radius 2 is 1.67 bits per heavy atom. The normalized spacial score (nSPS) is 19.0. The lowest BCUT2D eigenvalue weighted by Gasteiger charge is -2.25. The SMILES string of the molecule is ClCc1ccc(N(CC2CC2)CC2CC2)cc1Cl. The van der Waals surface area contributed by atoms with Crippen molar-refractivity contribution in [3.05, 3.63) is 28.8 Å². The van der Waals surface area contributed by atoms with Crippen molar-refractivity contribution in [1.82, 2.24) is 0 Å². The van der Waals surface area contributed by atoms with E-state index in [1.807, 2.05) is 0 Å². The first-order chi connectivity index (χ1) is 8.76. The minimum atomic E-state index is 0.490. The van der Waals surface area contributed by atoms with Crippen molar-refractivity contribution in [3.8, 4) is 0 Å². The summed E-state index contributed by atoms with van der Waals surface area (Å²) in [7, 11) is 0. The highest BCUT2D eigenvalue weighted by Crippen LogP contribution is 2.36. The quantitative estimate of drug-likeness (QED) is 0.684. The second kappa shape index (κ2) is 5.30. The molecule has 0 aliphatic heterocycles. The van der Waals surface area contributed by atoms with Crippen LogP contribution < -0.4 is 4.90 Å². The summed E-state index contributed by atoms with van der Waals surface area (Å²) in [5, 5.41) is 0.805. The number of rotatable bonds is 6. The zero-order valence-electron chi connectivity index (χ0n) is 10.5. The smallest absolute Gasteiger partial charge is 0.0488 e. The van der Waals surface area contributed by atoms with Gasteiger partial charge in [0.25, 0.3) is 0 Å². The Morgan fingerprint density at radius 1 is 1.06 bits per heavy atom. The Morgan fingerprint density at radius 3 is 2.11 bits per heavy atom. The van der Waals surface area contributed by atoms with Gasteiger partial charge < -0.3 is 4.90 Å². The molecule has 1 aromatic carbocycles. The van der Waals surface area contributed by atoms with Crippen molar-refractivity contribution in [3.63, 3.8) is 0 Å². The highest BCUT2D eigenvalue weighted by Gasteiger charge is 2.29. The fourth-order valence-electron chi connectivity index (χ4n) is 2.35. The minimum Gasteiger partial charge on any atom is -0.371 e. The van der Waals surface area contributed by atoms with E-state index in [0.29, 0.717) is 5.88 Å². The molecule has 0 amide bonds. The van der Waals surface area contributed by atoms with E-state index >= 15 is 0 Å². The summed E-state index contributed by atoms with van der Waals surface area (Å²) in [6.07, 6.45) is 5.59. The summed E-state index contributed by atoms with van der Waals surface area (Å²) in [5.74, 6) is 2.31. The van der Waals surface area contributed by atoms with E-state index in [1.54, 1.807) is 0 Å². The highest BCUT2D eigenvalue weighted by atomic mass is 35.5. The maximum atomic E-state index is 6.27. The van der Waals surface area contributed by atoms with E-state index in [2.05, 4.69) is 23.1 Å². The van der Waals surface area contributed by atoms with Crippen molar-refractivity contribution in [2.75, 3.05) is 18.0 Å². The molecule has 0 atom stereocenters. The Bertz CT molecular complexity index is 411. The van der Waals surface area contributed by atoms with Crippen molar-refractivity contribution in [1.29, 1.82) is 0 Å². The molecule has 2 aliphatic carbocycles. The third-order valence-electron chi connectivity index (χ3n) is 3.90. The number of benzene rings is 1. The predicted octanol–water partition coefficient (Wildman–Crippen LogP) is 4.71. The van der Waals surface area contributed by atoms with E-state index in [1.165, 1.54) is 44.5 Å². The Hall–Kier alpha value is -0.400. The van der Waals surface area contributed by atoms with Crippen LogP contribution in [-0.4, -0.2) is 13.1 Å². The van der Waals surface area contributed by atoms with Gasteiger partial charge in [-0.3, -0.25) is 0 Å². The Labute approximate surface area is 119 Å². The molecule has 0 aromatic heterocycles. The predicted molar refractivity (Wildman–Crippen MR) is 78.7 cm³/mol. The number of halogens is 2. The van der Waals surface area contributed by atoms with Crippen LogP contribution in [0.2, 0.25) is 5.02 Å². The number of alkyl halides is 1. The number of hydrogen-bond acceptors (Lipinski definition) is 1. The van der Waals surface area contributed by atoms with Crippen LogP contribution in [0.5, 0.6) is 0 Å². The fraction of sp³-hybridized carbons (Fsp3) is 0.600. The molecule has 1 aromatic rings. The molecule has 0 bridgehead atoms. The van der Waals surface area contributed by atoms with Crippen LogP contribution in [0.3, 0.4) is 0 Å². The Balaban J connectivity index is 1.76. The van der Waals surface area contributed by atoms with Crippen LogP contribution in [-0.2, 0) is 5.88 Å². The monoisotopic (exact) mass is 283 g/mol. The van der Waals surface area contributed by atoms with Gasteiger partial charge in [0.05, 0.1) is 0 Å². The van der Waals surface area contributed by atoms with E-state index in [4.69, 9.17) is 23.2 Å². The molecule has 0 N–H and O–H groups in total. The van der Waals surface area contributed by atoms with E-state index < -0.39 is 0 Å². The summed E-state index contributed by atoms with van der Waals surface area (Å²) >= 11 is 12.1. The van der Waals surface area contributed by atoms with E-state index in [9.17, 15) is 0 Å². The molecular formula is C15H19Cl2N. The lowest BCUT2D eigenvalue weighted by molar-refractivity contribution is 0.679. The second-order valence-electron chi connectivity index (χ2n) is 5.70. The fourth-order valence-corrected chi connectivity index (χ4v) is 2.89. The minimum absolute atomic E-state index is 0.490. The summed E-state index contributed by atoms with van der Waals surface area (Å²) in [6, 6.07) is 6.33. The van der Waals surface area contributed by atoms with Crippen LogP contribution in [0.4, 0.5) is 5.69 Å². The number of nitrogens with zero attached hydrogens (tertiary/aromatic N) is 1. The van der Waals surface area contributed by atoms with Crippen molar-refractivity contribution in [2.45, 2.75) is 31.6 Å². The van der Waals surface area contributed by atoms with Gasteiger partial charge in [-0.1, -0.05) is 17.7 Å². The average molecular weight is 284 g/mol. The van der Waals surface area contributed by atoms with Gasteiger partial charge in [0, 0.05) is 29.7 Å². The lowest BCUT2D eigenvalue weighted by atomic mass is 10.2. The molecule has 0 heterocycles. The maximum absolute atomic E-state index is 6.27. The molecule has 1 nitrogen and oxygen atoms in total. The molecule has 2 fully saturated rings. The molecular weight excluding hydrogens is 265 g/mol. The van der Waals surface area contributed by atoms with Crippen LogP contribution in [0.25, 0.3) is 0 Å². The molecule has 0 unspecified atom stereocenters. The first kappa shape index (κ1) is 12.6. The van der Waals surface area contributed by atoms with Crippen molar-refractivity contribution >= 4 is 28.9 Å². The largest absolute Gasteiger partial charge is 0.371 e. The van der Waals surface area contributed by atoms with Gasteiger partial charge >= 0.3 is 0 Å². The van der Waals surface area contributed by atoms with Gasteiger partial charge in [0.15, 0.2) is 0 Å². The summed E-state index contributed by atoms with van der Waals surface area (Å²) in [6.45, 7) is 2.40. The molecule has 0 saturated heterocycles. The van der Waals surface area contributed by atoms with Gasteiger partial charge in [-0.2, -0.15) is 0 Å². The van der Waals surface area contributed by atoms with Gasteiger partial charge in [-0.15, -0.1) is 11.6 Å². The average Bonchev–Trinajstić information content (AvgIpc) is 3.23. The number of anilines is 1. The van der Waals surface area contributed by atoms with Gasteiger partial charge in [0.2, 0.25) is 0 Å². The third kappa shape index (κ3) is 3.13. The lowest BCUT2D eigenvalue weighted by Crippen LogP contribution is -2.28. The molecule has 2 aliphatic rings. The molecule has 18 heavy (non-hydrogen) atoms. The van der Waals surface area contributed by atoms with Crippen LogP contribution in [0.1, 0.15) is 31.2 Å². The zero-order chi connectivity index (χ0) is 12.5. The molecule has 2 saturated carbocycles. The van der Waals surface area contributed by atoms with Gasteiger partial charge in [-0.25, -0.2) is 0 Å². The third-order valence-corrected chi connectivity index (χ3v) is 4.54. The van der Waals surface area contributed by atoms with Gasteiger partial charge in [0.1, 0.15) is 0 Å². The van der Waals surface area contributed by atoms with Crippen molar-refractivity contribution in [2.24, 2.45) is 11.8 Å². The molecule has 0 spiro atoms. The van der Waals surface area contributed by atoms with Crippen LogP contribution in [0.15, 0.2) is 18.2 Å².